The van der Waals surface area contributed by atoms with Gasteiger partial charge in [0.05, 0.1) is 10.7 Å². The summed E-state index contributed by atoms with van der Waals surface area (Å²) in [5, 5.41) is 16.6. The van der Waals surface area contributed by atoms with E-state index in [1.54, 1.807) is 11.3 Å². The highest BCUT2D eigenvalue weighted by Gasteiger charge is 2.14. The van der Waals surface area contributed by atoms with Crippen molar-refractivity contribution in [2.75, 3.05) is 13.1 Å². The normalized spacial score (nSPS) is 14.8. The number of aromatic nitrogens is 4. The molecule has 0 aliphatic carbocycles. The molecule has 142 valence electrons. The Balaban J connectivity index is 1.57. The Labute approximate surface area is 159 Å². The molecular weight excluding hydrogens is 346 g/mol. The maximum Gasteiger partial charge on any atom is 0.191 e. The maximum absolute atomic E-state index is 4.70. The Bertz CT molecular complexity index is 727. The Kier molecular flexibility index (Phi) is 6.60. The highest BCUT2D eigenvalue weighted by molar-refractivity contribution is 7.11. The van der Waals surface area contributed by atoms with Crippen molar-refractivity contribution in [1.82, 2.24) is 30.4 Å². The number of hydrogen-bond donors (Lipinski definition) is 2. The number of rotatable bonds is 6. The summed E-state index contributed by atoms with van der Waals surface area (Å²) in [6.07, 6.45) is 5.62. The smallest absolute Gasteiger partial charge is 0.191 e. The van der Waals surface area contributed by atoms with E-state index in [4.69, 9.17) is 4.99 Å². The number of thiazole rings is 1. The topological polar surface area (TPSA) is 80.0 Å². The second kappa shape index (κ2) is 9.12. The summed E-state index contributed by atoms with van der Waals surface area (Å²) < 4.78 is 2.25. The van der Waals surface area contributed by atoms with Crippen LogP contribution in [0.15, 0.2) is 4.99 Å². The molecule has 2 N–H and O–H groups in total. The molecule has 0 radical (unpaired) electrons. The van der Waals surface area contributed by atoms with Crippen LogP contribution in [0.1, 0.15) is 53.4 Å². The lowest BCUT2D eigenvalue weighted by Gasteiger charge is -2.11. The molecule has 0 aromatic carbocycles. The number of hydrogen-bond acceptors (Lipinski definition) is 5. The Hall–Kier alpha value is -1.96. The summed E-state index contributed by atoms with van der Waals surface area (Å²) in [6, 6.07) is 0. The monoisotopic (exact) mass is 375 g/mol. The summed E-state index contributed by atoms with van der Waals surface area (Å²) in [6.45, 7) is 9.48. The lowest BCUT2D eigenvalue weighted by atomic mass is 10.2. The summed E-state index contributed by atoms with van der Waals surface area (Å²) >= 11 is 1.78. The second-order valence-electron chi connectivity index (χ2n) is 6.62. The molecular formula is C18H29N7S. The lowest BCUT2D eigenvalue weighted by molar-refractivity contribution is 0.605. The fraction of sp³-hybridized carbons (Fsp3) is 0.667. The van der Waals surface area contributed by atoms with Crippen LogP contribution in [0.2, 0.25) is 0 Å². The zero-order chi connectivity index (χ0) is 18.4. The van der Waals surface area contributed by atoms with Gasteiger partial charge in [-0.15, -0.1) is 21.5 Å². The fourth-order valence-corrected chi connectivity index (χ4v) is 4.02. The van der Waals surface area contributed by atoms with Crippen LogP contribution in [0.4, 0.5) is 0 Å². The average molecular weight is 376 g/mol. The summed E-state index contributed by atoms with van der Waals surface area (Å²) in [5.74, 6) is 2.90. The van der Waals surface area contributed by atoms with E-state index < -0.39 is 0 Å². The van der Waals surface area contributed by atoms with Crippen LogP contribution in [0, 0.1) is 13.8 Å². The molecule has 2 aromatic rings. The predicted octanol–water partition coefficient (Wildman–Crippen LogP) is 2.38. The molecule has 1 aliphatic rings. The molecule has 3 rings (SSSR count). The lowest BCUT2D eigenvalue weighted by Crippen LogP contribution is -2.38. The van der Waals surface area contributed by atoms with Crippen molar-refractivity contribution in [2.45, 2.75) is 66.0 Å². The largest absolute Gasteiger partial charge is 0.357 e. The first-order valence-electron chi connectivity index (χ1n) is 9.53. The molecule has 7 nitrogen and oxygen atoms in total. The highest BCUT2D eigenvalue weighted by atomic mass is 32.1. The van der Waals surface area contributed by atoms with Gasteiger partial charge >= 0.3 is 0 Å². The molecule has 2 aromatic heterocycles. The summed E-state index contributed by atoms with van der Waals surface area (Å²) in [7, 11) is 0. The minimum Gasteiger partial charge on any atom is -0.357 e. The molecule has 0 spiro atoms. The van der Waals surface area contributed by atoms with Crippen LogP contribution in [0.25, 0.3) is 0 Å². The predicted molar refractivity (Wildman–Crippen MR) is 106 cm³/mol. The van der Waals surface area contributed by atoms with Gasteiger partial charge in [0.25, 0.3) is 0 Å². The fourth-order valence-electron chi connectivity index (χ4n) is 3.09. The molecule has 0 amide bonds. The van der Waals surface area contributed by atoms with Crippen molar-refractivity contribution in [3.63, 3.8) is 0 Å². The van der Waals surface area contributed by atoms with Gasteiger partial charge in [0.1, 0.15) is 12.4 Å². The molecule has 8 heteroatoms. The minimum atomic E-state index is 0.553. The van der Waals surface area contributed by atoms with E-state index in [0.717, 1.165) is 55.8 Å². The standard InChI is InChI=1S/C18H29N7S/c1-4-19-18(20-10-9-17-22-13(2)14(3)26-17)21-12-16-24-23-15-8-6-5-7-11-25(15)16/h4-12H2,1-3H3,(H2,19,20,21). The molecule has 0 bridgehead atoms. The second-order valence-corrected chi connectivity index (χ2v) is 7.90. The first kappa shape index (κ1) is 18.8. The zero-order valence-corrected chi connectivity index (χ0v) is 16.8. The molecule has 0 saturated heterocycles. The number of nitrogens with one attached hydrogen (secondary N) is 2. The SMILES string of the molecule is CCNC(=NCc1nnc2n1CCCCC2)NCCc1nc(C)c(C)s1. The van der Waals surface area contributed by atoms with Crippen molar-refractivity contribution in [3.8, 4) is 0 Å². The van der Waals surface area contributed by atoms with Gasteiger partial charge < -0.3 is 15.2 Å². The first-order valence-corrected chi connectivity index (χ1v) is 10.3. The Morgan fingerprint density at radius 3 is 2.85 bits per heavy atom. The summed E-state index contributed by atoms with van der Waals surface area (Å²) in [5.41, 5.74) is 1.14. The zero-order valence-electron chi connectivity index (χ0n) is 16.0. The summed E-state index contributed by atoms with van der Waals surface area (Å²) in [4.78, 5) is 10.6. The molecule has 0 atom stereocenters. The van der Waals surface area contributed by atoms with Crippen LogP contribution in [0.3, 0.4) is 0 Å². The van der Waals surface area contributed by atoms with Crippen molar-refractivity contribution in [3.05, 3.63) is 27.2 Å². The van der Waals surface area contributed by atoms with Crippen LogP contribution >= 0.6 is 11.3 Å². The van der Waals surface area contributed by atoms with E-state index in [2.05, 4.69) is 51.2 Å². The van der Waals surface area contributed by atoms with E-state index in [-0.39, 0.29) is 0 Å². The Morgan fingerprint density at radius 2 is 2.08 bits per heavy atom. The van der Waals surface area contributed by atoms with Crippen LogP contribution in [0.5, 0.6) is 0 Å². The van der Waals surface area contributed by atoms with E-state index in [0.29, 0.717) is 6.54 Å². The third-order valence-corrected chi connectivity index (χ3v) is 5.75. The van der Waals surface area contributed by atoms with Gasteiger partial charge in [-0.25, -0.2) is 9.98 Å². The van der Waals surface area contributed by atoms with Gasteiger partial charge in [-0.1, -0.05) is 6.42 Å². The quantitative estimate of drug-likeness (QED) is 0.598. The molecule has 3 heterocycles. The Morgan fingerprint density at radius 1 is 1.19 bits per heavy atom. The van der Waals surface area contributed by atoms with Gasteiger partial charge in [0.2, 0.25) is 0 Å². The van der Waals surface area contributed by atoms with Crippen LogP contribution < -0.4 is 10.6 Å². The number of aryl methyl sites for hydroxylation is 3. The third kappa shape index (κ3) is 4.81. The number of nitrogens with zero attached hydrogens (tertiary/aromatic N) is 5. The number of guanidine groups is 1. The van der Waals surface area contributed by atoms with Crippen molar-refractivity contribution >= 4 is 17.3 Å². The van der Waals surface area contributed by atoms with Gasteiger partial charge in [-0.05, 0) is 33.6 Å². The number of fused-ring (bicyclic) bond motifs is 1. The van der Waals surface area contributed by atoms with Crippen molar-refractivity contribution in [1.29, 1.82) is 0 Å². The molecule has 0 saturated carbocycles. The average Bonchev–Trinajstić information content (AvgIpc) is 3.05. The van der Waals surface area contributed by atoms with E-state index in [1.807, 2.05) is 0 Å². The molecule has 26 heavy (non-hydrogen) atoms. The van der Waals surface area contributed by atoms with Gasteiger partial charge in [0.15, 0.2) is 11.8 Å². The van der Waals surface area contributed by atoms with Gasteiger partial charge in [-0.2, -0.15) is 0 Å². The van der Waals surface area contributed by atoms with Crippen LogP contribution in [-0.2, 0) is 25.9 Å². The number of aliphatic imine (C=N–C) groups is 1. The highest BCUT2D eigenvalue weighted by Crippen LogP contribution is 2.16. The van der Waals surface area contributed by atoms with Gasteiger partial charge in [-0.3, -0.25) is 0 Å². The third-order valence-electron chi connectivity index (χ3n) is 4.61. The van der Waals surface area contributed by atoms with Crippen molar-refractivity contribution in [2.24, 2.45) is 4.99 Å². The maximum atomic E-state index is 4.70. The van der Waals surface area contributed by atoms with E-state index in [9.17, 15) is 0 Å². The van der Waals surface area contributed by atoms with E-state index in [1.165, 1.54) is 29.1 Å². The van der Waals surface area contributed by atoms with Gasteiger partial charge in [0, 0.05) is 37.4 Å². The minimum absolute atomic E-state index is 0.553. The van der Waals surface area contributed by atoms with Crippen LogP contribution in [-0.4, -0.2) is 38.8 Å². The van der Waals surface area contributed by atoms with E-state index >= 15 is 0 Å². The molecule has 0 fully saturated rings. The molecule has 0 unspecified atom stereocenters. The van der Waals surface area contributed by atoms with Crippen molar-refractivity contribution < 1.29 is 0 Å². The first-order chi connectivity index (χ1) is 12.7. The molecule has 1 aliphatic heterocycles.